The van der Waals surface area contributed by atoms with Gasteiger partial charge in [-0.2, -0.15) is 15.0 Å². The predicted molar refractivity (Wildman–Crippen MR) is 82.1 cm³/mol. The zero-order chi connectivity index (χ0) is 15.2. The molecular formula is C13H21N7O. The molecule has 1 unspecified atom stereocenters. The van der Waals surface area contributed by atoms with Crippen molar-refractivity contribution in [2.75, 3.05) is 29.7 Å². The van der Waals surface area contributed by atoms with E-state index in [4.69, 9.17) is 10.3 Å². The molecule has 0 saturated carbocycles. The van der Waals surface area contributed by atoms with Crippen molar-refractivity contribution >= 4 is 17.8 Å². The van der Waals surface area contributed by atoms with Crippen molar-refractivity contribution in [2.45, 2.75) is 25.8 Å². The van der Waals surface area contributed by atoms with Crippen LogP contribution in [0.1, 0.15) is 19.1 Å². The smallest absolute Gasteiger partial charge is 0.243 e. The zero-order valence-corrected chi connectivity index (χ0v) is 12.5. The number of anilines is 3. The van der Waals surface area contributed by atoms with Crippen LogP contribution in [0.2, 0.25) is 0 Å². The van der Waals surface area contributed by atoms with Crippen LogP contribution < -0.4 is 21.5 Å². The topological polar surface area (TPSA) is 105 Å². The fourth-order valence-electron chi connectivity index (χ4n) is 1.80. The summed E-state index contributed by atoms with van der Waals surface area (Å²) in [6.07, 6.45) is 3.44. The van der Waals surface area contributed by atoms with Gasteiger partial charge in [0, 0.05) is 26.6 Å². The van der Waals surface area contributed by atoms with E-state index in [1.54, 1.807) is 11.2 Å². The number of nitrogens with zero attached hydrogens (tertiary/aromatic N) is 4. The van der Waals surface area contributed by atoms with Crippen LogP contribution in [-0.2, 0) is 6.42 Å². The highest BCUT2D eigenvalue weighted by Crippen LogP contribution is 2.13. The van der Waals surface area contributed by atoms with Crippen molar-refractivity contribution in [3.8, 4) is 0 Å². The van der Waals surface area contributed by atoms with Crippen LogP contribution in [0.15, 0.2) is 22.8 Å². The molecule has 1 atom stereocenters. The lowest BCUT2D eigenvalue weighted by Gasteiger charge is -2.16. The van der Waals surface area contributed by atoms with E-state index in [9.17, 15) is 0 Å². The minimum absolute atomic E-state index is 0.193. The molecule has 0 saturated heterocycles. The van der Waals surface area contributed by atoms with Crippen molar-refractivity contribution in [3.05, 3.63) is 24.2 Å². The van der Waals surface area contributed by atoms with E-state index in [1.807, 2.05) is 26.2 Å². The molecule has 0 spiro atoms. The van der Waals surface area contributed by atoms with Crippen molar-refractivity contribution in [3.63, 3.8) is 0 Å². The maximum atomic E-state index is 5.38. The lowest BCUT2D eigenvalue weighted by Crippen LogP contribution is -2.22. The lowest BCUT2D eigenvalue weighted by atomic mass is 10.1. The van der Waals surface area contributed by atoms with E-state index in [1.165, 1.54) is 0 Å². The fourth-order valence-corrected chi connectivity index (χ4v) is 1.80. The molecule has 0 aliphatic carbocycles. The molecule has 0 aliphatic rings. The van der Waals surface area contributed by atoms with E-state index in [-0.39, 0.29) is 6.04 Å². The van der Waals surface area contributed by atoms with Crippen molar-refractivity contribution in [1.29, 1.82) is 0 Å². The Morgan fingerprint density at radius 2 is 2.05 bits per heavy atom. The molecule has 0 bridgehead atoms. The van der Waals surface area contributed by atoms with Gasteiger partial charge in [0.1, 0.15) is 5.76 Å². The largest absolute Gasteiger partial charge is 0.469 e. The average molecular weight is 291 g/mol. The summed E-state index contributed by atoms with van der Waals surface area (Å²) in [5, 5.41) is 3.25. The van der Waals surface area contributed by atoms with Crippen molar-refractivity contribution < 1.29 is 4.42 Å². The SMILES string of the molecule is CC(CCc1ccco1)Nc1nc(NN)nc(N(C)C)n1. The molecule has 8 nitrogen and oxygen atoms in total. The van der Waals surface area contributed by atoms with Gasteiger partial charge in [-0.15, -0.1) is 0 Å². The third-order valence-electron chi connectivity index (χ3n) is 2.93. The second-order valence-corrected chi connectivity index (χ2v) is 4.98. The maximum absolute atomic E-state index is 5.38. The fraction of sp³-hybridized carbons (Fsp3) is 0.462. The van der Waals surface area contributed by atoms with E-state index >= 15 is 0 Å². The van der Waals surface area contributed by atoms with Gasteiger partial charge in [0.05, 0.1) is 6.26 Å². The summed E-state index contributed by atoms with van der Waals surface area (Å²) in [4.78, 5) is 14.5. The molecule has 21 heavy (non-hydrogen) atoms. The van der Waals surface area contributed by atoms with E-state index in [0.717, 1.165) is 18.6 Å². The number of nitrogen functional groups attached to an aromatic ring is 1. The Kier molecular flexibility index (Phi) is 4.94. The quantitative estimate of drug-likeness (QED) is 0.517. The second kappa shape index (κ2) is 6.89. The van der Waals surface area contributed by atoms with E-state index in [2.05, 4.69) is 32.6 Å². The first-order chi connectivity index (χ1) is 10.1. The van der Waals surface area contributed by atoms with Crippen LogP contribution in [0.4, 0.5) is 17.8 Å². The van der Waals surface area contributed by atoms with Gasteiger partial charge >= 0.3 is 0 Å². The van der Waals surface area contributed by atoms with Gasteiger partial charge in [-0.3, -0.25) is 5.43 Å². The molecule has 2 heterocycles. The first-order valence-electron chi connectivity index (χ1n) is 6.77. The summed E-state index contributed by atoms with van der Waals surface area (Å²) >= 11 is 0. The average Bonchev–Trinajstić information content (AvgIpc) is 2.98. The Morgan fingerprint density at radius 1 is 1.29 bits per heavy atom. The molecule has 2 aromatic heterocycles. The number of nitrogens with one attached hydrogen (secondary N) is 2. The highest BCUT2D eigenvalue weighted by molar-refractivity contribution is 5.42. The lowest BCUT2D eigenvalue weighted by molar-refractivity contribution is 0.494. The molecule has 8 heteroatoms. The zero-order valence-electron chi connectivity index (χ0n) is 12.5. The van der Waals surface area contributed by atoms with Gasteiger partial charge in [0.15, 0.2) is 0 Å². The third kappa shape index (κ3) is 4.32. The third-order valence-corrected chi connectivity index (χ3v) is 2.93. The summed E-state index contributed by atoms with van der Waals surface area (Å²) < 4.78 is 5.32. The van der Waals surface area contributed by atoms with Gasteiger partial charge < -0.3 is 14.6 Å². The van der Waals surface area contributed by atoms with Crippen LogP contribution >= 0.6 is 0 Å². The van der Waals surface area contributed by atoms with Gasteiger partial charge in [-0.1, -0.05) is 0 Å². The molecule has 2 rings (SSSR count). The summed E-state index contributed by atoms with van der Waals surface area (Å²) in [5.74, 6) is 7.71. The predicted octanol–water partition coefficient (Wildman–Crippen LogP) is 1.25. The van der Waals surface area contributed by atoms with Gasteiger partial charge in [-0.25, -0.2) is 5.84 Å². The number of hydrazine groups is 1. The molecule has 0 amide bonds. The van der Waals surface area contributed by atoms with Crippen LogP contribution in [0.3, 0.4) is 0 Å². The standard InChI is InChI=1S/C13H21N7O/c1-9(6-7-10-5-4-8-21-10)15-11-16-12(19-14)18-13(17-11)20(2)3/h4-5,8-9H,6-7,14H2,1-3H3,(H2,15,16,17,18,19). The highest BCUT2D eigenvalue weighted by Gasteiger charge is 2.10. The summed E-state index contributed by atoms with van der Waals surface area (Å²) in [7, 11) is 3.72. The molecule has 2 aromatic rings. The Labute approximate surface area is 123 Å². The van der Waals surface area contributed by atoms with Gasteiger partial charge in [0.2, 0.25) is 17.8 Å². The van der Waals surface area contributed by atoms with E-state index < -0.39 is 0 Å². The summed E-state index contributed by atoms with van der Waals surface area (Å²) in [6, 6.07) is 4.05. The van der Waals surface area contributed by atoms with Crippen LogP contribution in [0, 0.1) is 0 Å². The second-order valence-electron chi connectivity index (χ2n) is 4.98. The number of furan rings is 1. The number of nitrogens with two attached hydrogens (primary N) is 1. The Morgan fingerprint density at radius 3 is 2.67 bits per heavy atom. The molecule has 0 radical (unpaired) electrons. The van der Waals surface area contributed by atoms with Crippen LogP contribution in [-0.4, -0.2) is 35.1 Å². The van der Waals surface area contributed by atoms with Gasteiger partial charge in [0.25, 0.3) is 0 Å². The first kappa shape index (κ1) is 15.0. The summed E-state index contributed by atoms with van der Waals surface area (Å²) in [5.41, 5.74) is 2.45. The number of hydrogen-bond acceptors (Lipinski definition) is 8. The van der Waals surface area contributed by atoms with Crippen molar-refractivity contribution in [1.82, 2.24) is 15.0 Å². The maximum Gasteiger partial charge on any atom is 0.243 e. The molecular weight excluding hydrogens is 270 g/mol. The Hall–Kier alpha value is -2.35. The number of aromatic nitrogens is 3. The monoisotopic (exact) mass is 291 g/mol. The normalized spacial score (nSPS) is 12.0. The van der Waals surface area contributed by atoms with E-state index in [0.29, 0.717) is 17.8 Å². The molecule has 0 fully saturated rings. The Balaban J connectivity index is 1.99. The molecule has 0 aromatic carbocycles. The highest BCUT2D eigenvalue weighted by atomic mass is 16.3. The van der Waals surface area contributed by atoms with Crippen molar-refractivity contribution in [2.24, 2.45) is 5.84 Å². The minimum Gasteiger partial charge on any atom is -0.469 e. The number of hydrogen-bond donors (Lipinski definition) is 3. The van der Waals surface area contributed by atoms with Gasteiger partial charge in [-0.05, 0) is 25.5 Å². The minimum atomic E-state index is 0.193. The van der Waals surface area contributed by atoms with Crippen LogP contribution in [0.5, 0.6) is 0 Å². The molecule has 0 aliphatic heterocycles. The van der Waals surface area contributed by atoms with Crippen LogP contribution in [0.25, 0.3) is 0 Å². The first-order valence-corrected chi connectivity index (χ1v) is 6.77. The Bertz CT molecular complexity index is 556. The summed E-state index contributed by atoms with van der Waals surface area (Å²) in [6.45, 7) is 2.07. The number of aryl methyl sites for hydroxylation is 1. The molecule has 114 valence electrons. The molecule has 4 N–H and O–H groups in total. The number of rotatable bonds is 7.